The van der Waals surface area contributed by atoms with Gasteiger partial charge >= 0.3 is 0 Å². The molecule has 1 aliphatic heterocycles. The maximum Gasteiger partial charge on any atom is 0.273 e. The van der Waals surface area contributed by atoms with Crippen molar-refractivity contribution in [1.29, 1.82) is 0 Å². The third kappa shape index (κ3) is 3.59. The van der Waals surface area contributed by atoms with Gasteiger partial charge in [-0.25, -0.2) is 9.97 Å². The van der Waals surface area contributed by atoms with Crippen molar-refractivity contribution in [2.24, 2.45) is 0 Å². The SMILES string of the molecule is CNc1nc(C(=O)N2CCC(c3nccn3CCOC)CC2)cs1. The molecule has 130 valence electrons. The number of anilines is 1. The quantitative estimate of drug-likeness (QED) is 0.864. The second-order valence-corrected chi connectivity index (χ2v) is 6.68. The lowest BCUT2D eigenvalue weighted by atomic mass is 9.95. The molecule has 0 saturated carbocycles. The minimum atomic E-state index is 0.0222. The Balaban J connectivity index is 1.59. The molecule has 0 bridgehead atoms. The molecule has 0 radical (unpaired) electrons. The largest absolute Gasteiger partial charge is 0.383 e. The van der Waals surface area contributed by atoms with Gasteiger partial charge in [-0.05, 0) is 12.8 Å². The standard InChI is InChI=1S/C16H23N5O2S/c1-17-16-19-13(11-24-16)15(22)21-6-3-12(4-7-21)14-18-5-8-20(14)9-10-23-2/h5,8,11-12H,3-4,6-7,9-10H2,1-2H3,(H,17,19). The van der Waals surface area contributed by atoms with Crippen molar-refractivity contribution in [3.05, 3.63) is 29.3 Å². The lowest BCUT2D eigenvalue weighted by molar-refractivity contribution is 0.0705. The highest BCUT2D eigenvalue weighted by Gasteiger charge is 2.27. The van der Waals surface area contributed by atoms with Crippen LogP contribution in [-0.4, -0.2) is 59.2 Å². The van der Waals surface area contributed by atoms with Crippen LogP contribution < -0.4 is 5.32 Å². The van der Waals surface area contributed by atoms with E-state index in [1.54, 1.807) is 7.11 Å². The number of piperidine rings is 1. The van der Waals surface area contributed by atoms with Crippen LogP contribution in [0.5, 0.6) is 0 Å². The topological polar surface area (TPSA) is 72.3 Å². The van der Waals surface area contributed by atoms with E-state index >= 15 is 0 Å². The molecule has 0 spiro atoms. The molecule has 2 aromatic heterocycles. The summed E-state index contributed by atoms with van der Waals surface area (Å²) in [5.41, 5.74) is 0.532. The molecule has 1 aliphatic rings. The van der Waals surface area contributed by atoms with Gasteiger partial charge in [0.05, 0.1) is 6.61 Å². The molecule has 24 heavy (non-hydrogen) atoms. The van der Waals surface area contributed by atoms with Gasteiger partial charge in [0.25, 0.3) is 5.91 Å². The monoisotopic (exact) mass is 349 g/mol. The molecule has 0 atom stereocenters. The Morgan fingerprint density at radius 2 is 2.25 bits per heavy atom. The van der Waals surface area contributed by atoms with Crippen molar-refractivity contribution in [3.63, 3.8) is 0 Å². The summed E-state index contributed by atoms with van der Waals surface area (Å²) in [6.45, 7) is 2.98. The Morgan fingerprint density at radius 3 is 2.92 bits per heavy atom. The number of thiazole rings is 1. The Hall–Kier alpha value is -1.93. The maximum atomic E-state index is 12.5. The number of carbonyl (C=O) groups excluding carboxylic acids is 1. The minimum absolute atomic E-state index is 0.0222. The van der Waals surface area contributed by atoms with Gasteiger partial charge in [0.1, 0.15) is 11.5 Å². The summed E-state index contributed by atoms with van der Waals surface area (Å²) in [6, 6.07) is 0. The number of rotatable bonds is 6. The van der Waals surface area contributed by atoms with Gasteiger partial charge in [-0.1, -0.05) is 0 Å². The molecule has 3 heterocycles. The molecule has 2 aromatic rings. The van der Waals surface area contributed by atoms with Crippen molar-refractivity contribution in [1.82, 2.24) is 19.4 Å². The summed E-state index contributed by atoms with van der Waals surface area (Å²) in [5.74, 6) is 1.52. The third-order valence-corrected chi connectivity index (χ3v) is 5.23. The maximum absolute atomic E-state index is 12.5. The number of amides is 1. The molecule has 0 aliphatic carbocycles. The number of nitrogens with one attached hydrogen (secondary N) is 1. The Kier molecular flexibility index (Phi) is 5.47. The van der Waals surface area contributed by atoms with Gasteiger partial charge in [0, 0.05) is 57.5 Å². The predicted molar refractivity (Wildman–Crippen MR) is 93.6 cm³/mol. The van der Waals surface area contributed by atoms with Gasteiger partial charge < -0.3 is 19.5 Å². The average molecular weight is 349 g/mol. The van der Waals surface area contributed by atoms with E-state index < -0.39 is 0 Å². The zero-order valence-corrected chi connectivity index (χ0v) is 14.9. The van der Waals surface area contributed by atoms with Gasteiger partial charge in [0.15, 0.2) is 5.13 Å². The fourth-order valence-electron chi connectivity index (χ4n) is 3.05. The van der Waals surface area contributed by atoms with Crippen molar-refractivity contribution < 1.29 is 9.53 Å². The number of nitrogens with zero attached hydrogens (tertiary/aromatic N) is 4. The number of likely N-dealkylation sites (tertiary alicyclic amines) is 1. The van der Waals surface area contributed by atoms with Crippen LogP contribution in [-0.2, 0) is 11.3 Å². The number of aromatic nitrogens is 3. The summed E-state index contributed by atoms with van der Waals surface area (Å²) in [6.07, 6.45) is 5.70. The first-order valence-electron chi connectivity index (χ1n) is 8.15. The molecule has 7 nitrogen and oxygen atoms in total. The molecule has 1 amide bonds. The number of hydrogen-bond donors (Lipinski definition) is 1. The molecule has 1 saturated heterocycles. The number of imidazole rings is 1. The van der Waals surface area contributed by atoms with Gasteiger partial charge in [-0.3, -0.25) is 4.79 Å². The first-order chi connectivity index (χ1) is 11.7. The molecule has 0 aromatic carbocycles. The van der Waals surface area contributed by atoms with E-state index in [1.807, 2.05) is 29.7 Å². The smallest absolute Gasteiger partial charge is 0.273 e. The summed E-state index contributed by atoms with van der Waals surface area (Å²) < 4.78 is 7.31. The fraction of sp³-hybridized carbons (Fsp3) is 0.562. The van der Waals surface area contributed by atoms with E-state index in [1.165, 1.54) is 11.3 Å². The molecular formula is C16H23N5O2S. The zero-order valence-electron chi connectivity index (χ0n) is 14.1. The van der Waals surface area contributed by atoms with E-state index in [9.17, 15) is 4.79 Å². The molecule has 8 heteroatoms. The van der Waals surface area contributed by atoms with E-state index in [0.717, 1.165) is 43.4 Å². The van der Waals surface area contributed by atoms with Crippen LogP contribution in [0.3, 0.4) is 0 Å². The highest BCUT2D eigenvalue weighted by atomic mass is 32.1. The van der Waals surface area contributed by atoms with Crippen LogP contribution in [0.25, 0.3) is 0 Å². The predicted octanol–water partition coefficient (Wildman–Crippen LogP) is 2.05. The molecule has 1 N–H and O–H groups in total. The average Bonchev–Trinajstić information content (AvgIpc) is 3.28. The summed E-state index contributed by atoms with van der Waals surface area (Å²) in [4.78, 5) is 23.3. The number of hydrogen-bond acceptors (Lipinski definition) is 6. The van der Waals surface area contributed by atoms with Crippen LogP contribution in [0.4, 0.5) is 5.13 Å². The van der Waals surface area contributed by atoms with Crippen molar-refractivity contribution in [2.45, 2.75) is 25.3 Å². The lowest BCUT2D eigenvalue weighted by Crippen LogP contribution is -2.38. The van der Waals surface area contributed by atoms with Gasteiger partial charge in [0.2, 0.25) is 0 Å². The normalized spacial score (nSPS) is 15.7. The fourth-order valence-corrected chi connectivity index (χ4v) is 3.69. The summed E-state index contributed by atoms with van der Waals surface area (Å²) >= 11 is 1.46. The van der Waals surface area contributed by atoms with E-state index in [4.69, 9.17) is 4.74 Å². The summed E-state index contributed by atoms with van der Waals surface area (Å²) in [5, 5.41) is 5.56. The van der Waals surface area contributed by atoms with Gasteiger partial charge in [-0.2, -0.15) is 0 Å². The van der Waals surface area contributed by atoms with Crippen LogP contribution in [0.2, 0.25) is 0 Å². The third-order valence-electron chi connectivity index (χ3n) is 4.37. The highest BCUT2D eigenvalue weighted by molar-refractivity contribution is 7.13. The van der Waals surface area contributed by atoms with E-state index in [0.29, 0.717) is 18.2 Å². The van der Waals surface area contributed by atoms with Crippen molar-refractivity contribution in [3.8, 4) is 0 Å². The Morgan fingerprint density at radius 1 is 1.46 bits per heavy atom. The van der Waals surface area contributed by atoms with E-state index in [2.05, 4.69) is 19.9 Å². The first kappa shape index (κ1) is 16.9. The summed E-state index contributed by atoms with van der Waals surface area (Å²) in [7, 11) is 3.52. The van der Waals surface area contributed by atoms with Crippen molar-refractivity contribution in [2.75, 3.05) is 39.2 Å². The van der Waals surface area contributed by atoms with Gasteiger partial charge in [-0.15, -0.1) is 11.3 Å². The highest BCUT2D eigenvalue weighted by Crippen LogP contribution is 2.28. The van der Waals surface area contributed by atoms with Crippen molar-refractivity contribution >= 4 is 22.4 Å². The van der Waals surface area contributed by atoms with E-state index in [-0.39, 0.29) is 5.91 Å². The minimum Gasteiger partial charge on any atom is -0.383 e. The Bertz CT molecular complexity index is 676. The van der Waals surface area contributed by atoms with Crippen LogP contribution in [0, 0.1) is 0 Å². The van der Waals surface area contributed by atoms with Crippen LogP contribution in [0.1, 0.15) is 35.1 Å². The number of ether oxygens (including phenoxy) is 1. The number of methoxy groups -OCH3 is 1. The molecule has 1 fully saturated rings. The second kappa shape index (κ2) is 7.76. The molecule has 0 unspecified atom stereocenters. The first-order valence-corrected chi connectivity index (χ1v) is 9.03. The Labute approximate surface area is 145 Å². The second-order valence-electron chi connectivity index (χ2n) is 5.83. The zero-order chi connectivity index (χ0) is 16.9. The van der Waals surface area contributed by atoms with Crippen LogP contribution in [0.15, 0.2) is 17.8 Å². The van der Waals surface area contributed by atoms with Crippen LogP contribution >= 0.6 is 11.3 Å². The lowest BCUT2D eigenvalue weighted by Gasteiger charge is -2.31. The number of carbonyl (C=O) groups is 1. The molecular weight excluding hydrogens is 326 g/mol. The molecule has 3 rings (SSSR count).